The number of nitrogens with one attached hydrogen (secondary N) is 1. The summed E-state index contributed by atoms with van der Waals surface area (Å²) in [4.78, 5) is 26.1. The van der Waals surface area contributed by atoms with Gasteiger partial charge in [-0.1, -0.05) is 25.7 Å². The molecule has 2 saturated carbocycles. The van der Waals surface area contributed by atoms with Gasteiger partial charge in [-0.25, -0.2) is 26.6 Å². The predicted molar refractivity (Wildman–Crippen MR) is 209 cm³/mol. The van der Waals surface area contributed by atoms with Crippen molar-refractivity contribution in [1.29, 1.82) is 0 Å². The molecule has 16 heteroatoms. The molecule has 2 amide bonds. The molecule has 2 aliphatic carbocycles. The van der Waals surface area contributed by atoms with Gasteiger partial charge < -0.3 is 13.9 Å². The van der Waals surface area contributed by atoms with E-state index in [1.807, 2.05) is 12.1 Å². The third-order valence-corrected chi connectivity index (χ3v) is 13.7. The Morgan fingerprint density at radius 2 is 1.23 bits per heavy atom. The molecular formula is C37H54N5O8PS2. The number of aromatic nitrogens is 2. The van der Waals surface area contributed by atoms with Gasteiger partial charge in [-0.3, -0.25) is 19.8 Å². The molecule has 2 aromatic carbocycles. The van der Waals surface area contributed by atoms with Gasteiger partial charge in [-0.05, 0) is 99.9 Å². The van der Waals surface area contributed by atoms with Crippen molar-refractivity contribution < 1.29 is 35.2 Å². The predicted octanol–water partition coefficient (Wildman–Crippen LogP) is 7.59. The number of sulfone groups is 2. The molecule has 53 heavy (non-hydrogen) atoms. The molecule has 2 fully saturated rings. The molecule has 0 bridgehead atoms. The molecule has 1 heterocycles. The number of benzene rings is 2. The molecule has 13 nitrogen and oxygen atoms in total. The van der Waals surface area contributed by atoms with Crippen LogP contribution in [-0.2, 0) is 39.4 Å². The summed E-state index contributed by atoms with van der Waals surface area (Å²) in [6.07, 6.45) is 14.9. The lowest BCUT2D eigenvalue weighted by atomic mass is 10.1. The molecule has 0 spiro atoms. The van der Waals surface area contributed by atoms with Crippen molar-refractivity contribution in [2.75, 3.05) is 61.0 Å². The van der Waals surface area contributed by atoms with E-state index in [4.69, 9.17) is 9.05 Å². The maximum absolute atomic E-state index is 13.2. The van der Waals surface area contributed by atoms with E-state index in [1.54, 1.807) is 43.0 Å². The van der Waals surface area contributed by atoms with Gasteiger partial charge >= 0.3 is 13.6 Å². The number of anilines is 3. The second-order valence-corrected chi connectivity index (χ2v) is 19.8. The standard InChI is InChI=1S/C23H33N4O6PS.C14H21NO2S/c1-4-32-34(29,33-5-2)17-19-14-25-22(15-24-19)26-23(28)27(16-18-8-6-7-9-18)20-10-12-21(13-11-20)35(3,30)31;1-15(11-12-5-3-4-6-12)13-7-9-14(10-8-13)18(2,16)17/h10-15,18H,4-9,16-17H2,1-3H3,(H,25,26,28);7-10,12H,3-6,11H2,1-2H3. The van der Waals surface area contributed by atoms with E-state index in [9.17, 15) is 26.2 Å². The quantitative estimate of drug-likeness (QED) is 0.151. The lowest BCUT2D eigenvalue weighted by Crippen LogP contribution is -2.38. The molecule has 1 aromatic heterocycles. The van der Waals surface area contributed by atoms with E-state index in [0.717, 1.165) is 50.1 Å². The molecule has 0 atom stereocenters. The number of rotatable bonds is 15. The second kappa shape index (κ2) is 19.3. The van der Waals surface area contributed by atoms with Crippen LogP contribution in [0.1, 0.15) is 70.9 Å². The van der Waals surface area contributed by atoms with Crippen molar-refractivity contribution in [3.8, 4) is 0 Å². The minimum absolute atomic E-state index is 0.0175. The smallest absolute Gasteiger partial charge is 0.336 e. The average molecular weight is 792 g/mol. The Bertz CT molecular complexity index is 1870. The first-order valence-corrected chi connectivity index (χ1v) is 23.7. The monoisotopic (exact) mass is 791 g/mol. The SMILES string of the molecule is CCOP(=O)(Cc1cnc(NC(=O)N(CC2CCCC2)c2ccc(S(C)(=O)=O)cc2)cn1)OCC.CN(CC1CCCC1)c1ccc(S(C)(=O)=O)cc1. The number of carbonyl (C=O) groups is 1. The Kier molecular flexibility index (Phi) is 15.4. The molecule has 0 aliphatic heterocycles. The third kappa shape index (κ3) is 13.2. The summed E-state index contributed by atoms with van der Waals surface area (Å²) in [5.74, 6) is 1.41. The van der Waals surface area contributed by atoms with Gasteiger partial charge in [0.2, 0.25) is 0 Å². The Morgan fingerprint density at radius 3 is 1.66 bits per heavy atom. The fourth-order valence-corrected chi connectivity index (χ4v) is 9.53. The Labute approximate surface area is 315 Å². The van der Waals surface area contributed by atoms with Gasteiger partial charge in [-0.2, -0.15) is 0 Å². The summed E-state index contributed by atoms with van der Waals surface area (Å²) in [5, 5.41) is 2.76. The summed E-state index contributed by atoms with van der Waals surface area (Å²) >= 11 is 0. The summed E-state index contributed by atoms with van der Waals surface area (Å²) in [5.41, 5.74) is 2.11. The first-order valence-electron chi connectivity index (χ1n) is 18.2. The average Bonchev–Trinajstić information content (AvgIpc) is 3.83. The highest BCUT2D eigenvalue weighted by atomic mass is 32.2. The van der Waals surface area contributed by atoms with Crippen LogP contribution in [0.25, 0.3) is 0 Å². The lowest BCUT2D eigenvalue weighted by molar-refractivity contribution is 0.219. The van der Waals surface area contributed by atoms with Gasteiger partial charge in [0.05, 0.1) is 47.3 Å². The molecule has 2 aliphatic rings. The summed E-state index contributed by atoms with van der Waals surface area (Å²) in [6.45, 7) is 5.56. The van der Waals surface area contributed by atoms with E-state index >= 15 is 0 Å². The van der Waals surface area contributed by atoms with Gasteiger partial charge in [0.1, 0.15) is 0 Å². The van der Waals surface area contributed by atoms with E-state index in [0.29, 0.717) is 28.7 Å². The molecule has 0 unspecified atom stereocenters. The first-order chi connectivity index (χ1) is 25.1. The van der Waals surface area contributed by atoms with E-state index < -0.39 is 27.3 Å². The van der Waals surface area contributed by atoms with Crippen molar-refractivity contribution in [3.63, 3.8) is 0 Å². The number of urea groups is 1. The Hall–Kier alpha value is -3.36. The van der Waals surface area contributed by atoms with Gasteiger partial charge in [-0.15, -0.1) is 0 Å². The van der Waals surface area contributed by atoms with Crippen LogP contribution >= 0.6 is 7.60 Å². The summed E-state index contributed by atoms with van der Waals surface area (Å²) < 4.78 is 69.7. The summed E-state index contributed by atoms with van der Waals surface area (Å²) in [7, 11) is -7.66. The molecule has 3 aromatic rings. The first kappa shape index (κ1) is 42.4. The molecule has 1 N–H and O–H groups in total. The van der Waals surface area contributed by atoms with Crippen molar-refractivity contribution >= 4 is 50.5 Å². The van der Waals surface area contributed by atoms with Crippen LogP contribution in [0.3, 0.4) is 0 Å². The molecule has 0 saturated heterocycles. The second-order valence-electron chi connectivity index (χ2n) is 13.8. The fourth-order valence-electron chi connectivity index (χ4n) is 6.66. The summed E-state index contributed by atoms with van der Waals surface area (Å²) in [6, 6.07) is 13.1. The maximum Gasteiger partial charge on any atom is 0.336 e. The van der Waals surface area contributed by atoms with Crippen LogP contribution in [0.15, 0.2) is 70.7 Å². The number of amides is 2. The zero-order valence-electron chi connectivity index (χ0n) is 31.4. The van der Waals surface area contributed by atoms with Crippen molar-refractivity contribution in [1.82, 2.24) is 9.97 Å². The van der Waals surface area contributed by atoms with E-state index in [2.05, 4.69) is 27.2 Å². The number of hydrogen-bond acceptors (Lipinski definition) is 11. The van der Waals surface area contributed by atoms with Crippen LogP contribution in [0.2, 0.25) is 0 Å². The van der Waals surface area contributed by atoms with Crippen molar-refractivity contribution in [3.05, 3.63) is 66.6 Å². The zero-order valence-corrected chi connectivity index (χ0v) is 34.0. The fraction of sp³-hybridized carbons (Fsp3) is 0.541. The molecular weight excluding hydrogens is 738 g/mol. The molecule has 5 rings (SSSR count). The Balaban J connectivity index is 0.000000291. The lowest BCUT2D eigenvalue weighted by Gasteiger charge is -2.26. The van der Waals surface area contributed by atoms with Gasteiger partial charge in [0.25, 0.3) is 0 Å². The number of nitrogens with zero attached hydrogens (tertiary/aromatic N) is 4. The third-order valence-electron chi connectivity index (χ3n) is 9.40. The van der Waals surface area contributed by atoms with Gasteiger partial charge in [0.15, 0.2) is 25.5 Å². The Morgan fingerprint density at radius 1 is 0.755 bits per heavy atom. The minimum atomic E-state index is -3.34. The van der Waals surface area contributed by atoms with Crippen LogP contribution < -0.4 is 15.1 Å². The van der Waals surface area contributed by atoms with Gasteiger partial charge in [0, 0.05) is 44.0 Å². The highest BCUT2D eigenvalue weighted by Crippen LogP contribution is 2.50. The molecule has 0 radical (unpaired) electrons. The highest BCUT2D eigenvalue weighted by molar-refractivity contribution is 7.91. The van der Waals surface area contributed by atoms with E-state index in [-0.39, 0.29) is 36.1 Å². The topological polar surface area (TPSA) is 165 Å². The number of hydrogen-bond donors (Lipinski definition) is 1. The molecule has 292 valence electrons. The van der Waals surface area contributed by atoms with Crippen LogP contribution in [-0.4, -0.2) is 78.7 Å². The van der Waals surface area contributed by atoms with Crippen LogP contribution in [0.4, 0.5) is 22.0 Å². The van der Waals surface area contributed by atoms with Crippen molar-refractivity contribution in [2.45, 2.75) is 81.2 Å². The largest absolute Gasteiger partial charge is 0.374 e. The van der Waals surface area contributed by atoms with Crippen molar-refractivity contribution in [2.24, 2.45) is 11.8 Å². The zero-order chi connectivity index (χ0) is 38.6. The highest BCUT2D eigenvalue weighted by Gasteiger charge is 2.26. The maximum atomic E-state index is 13.2. The minimum Gasteiger partial charge on any atom is -0.374 e. The van der Waals surface area contributed by atoms with Crippen LogP contribution in [0, 0.1) is 11.8 Å². The normalized spacial score (nSPS) is 15.5. The van der Waals surface area contributed by atoms with Crippen LogP contribution in [0.5, 0.6) is 0 Å². The van der Waals surface area contributed by atoms with E-state index in [1.165, 1.54) is 56.5 Å². The number of carbonyl (C=O) groups excluding carboxylic acids is 1.